The number of thiophene rings is 1. The third-order valence-corrected chi connectivity index (χ3v) is 3.59. The number of amides is 1. The van der Waals surface area contributed by atoms with Crippen molar-refractivity contribution in [3.63, 3.8) is 0 Å². The molecule has 1 aliphatic carbocycles. The molecule has 1 saturated carbocycles. The summed E-state index contributed by atoms with van der Waals surface area (Å²) in [5, 5.41) is 8.16. The van der Waals surface area contributed by atoms with Crippen molar-refractivity contribution in [1.29, 1.82) is 0 Å². The van der Waals surface area contributed by atoms with Gasteiger partial charge in [-0.25, -0.2) is 0 Å². The summed E-state index contributed by atoms with van der Waals surface area (Å²) >= 11 is 1.41. The van der Waals surface area contributed by atoms with Crippen molar-refractivity contribution in [2.75, 3.05) is 20.2 Å². The Balaban J connectivity index is 1.62. The molecule has 5 heteroatoms. The monoisotopic (exact) mass is 254 g/mol. The molecule has 2 rings (SSSR count). The van der Waals surface area contributed by atoms with E-state index < -0.39 is 0 Å². The molecule has 0 radical (unpaired) electrons. The molecule has 1 fully saturated rings. The molecule has 0 spiro atoms. The van der Waals surface area contributed by atoms with Gasteiger partial charge in [-0.2, -0.15) is 0 Å². The summed E-state index contributed by atoms with van der Waals surface area (Å²) in [6, 6.07) is 2.51. The van der Waals surface area contributed by atoms with Gasteiger partial charge in [0.1, 0.15) is 5.75 Å². The van der Waals surface area contributed by atoms with E-state index in [9.17, 15) is 4.79 Å². The van der Waals surface area contributed by atoms with Crippen molar-refractivity contribution in [2.24, 2.45) is 0 Å². The fraction of sp³-hybridized carbons (Fsp3) is 0.583. The SMILES string of the molecule is COc1csc(C(=O)NCCCNC2CC2)c1. The molecule has 17 heavy (non-hydrogen) atoms. The molecule has 94 valence electrons. The minimum absolute atomic E-state index is 0.00952. The van der Waals surface area contributed by atoms with Crippen LogP contribution in [-0.4, -0.2) is 32.1 Å². The van der Waals surface area contributed by atoms with Gasteiger partial charge in [-0.15, -0.1) is 11.3 Å². The average molecular weight is 254 g/mol. The largest absolute Gasteiger partial charge is 0.496 e. The normalized spacial score (nSPS) is 14.6. The second-order valence-corrected chi connectivity index (χ2v) is 5.10. The molecule has 1 aromatic heterocycles. The van der Waals surface area contributed by atoms with Crippen LogP contribution < -0.4 is 15.4 Å². The number of carbonyl (C=O) groups excluding carboxylic acids is 1. The van der Waals surface area contributed by atoms with Gasteiger partial charge in [0.15, 0.2) is 0 Å². The number of methoxy groups -OCH3 is 1. The van der Waals surface area contributed by atoms with Gasteiger partial charge in [-0.1, -0.05) is 0 Å². The number of hydrogen-bond acceptors (Lipinski definition) is 4. The molecular formula is C12H18N2O2S. The molecule has 0 bridgehead atoms. The second kappa shape index (κ2) is 6.02. The zero-order valence-electron chi connectivity index (χ0n) is 9.99. The second-order valence-electron chi connectivity index (χ2n) is 4.19. The van der Waals surface area contributed by atoms with Crippen molar-refractivity contribution in [1.82, 2.24) is 10.6 Å². The Labute approximate surface area is 105 Å². The number of ether oxygens (including phenoxy) is 1. The van der Waals surface area contributed by atoms with E-state index in [2.05, 4.69) is 10.6 Å². The highest BCUT2D eigenvalue weighted by Gasteiger charge is 2.19. The van der Waals surface area contributed by atoms with Crippen LogP contribution in [0, 0.1) is 0 Å². The molecule has 0 aromatic carbocycles. The molecule has 2 N–H and O–H groups in total. The Kier molecular flexibility index (Phi) is 4.39. The van der Waals surface area contributed by atoms with E-state index in [-0.39, 0.29) is 5.91 Å². The summed E-state index contributed by atoms with van der Waals surface area (Å²) in [6.07, 6.45) is 3.59. The third-order valence-electron chi connectivity index (χ3n) is 2.68. The Morgan fingerprint density at radius 2 is 2.35 bits per heavy atom. The predicted octanol–water partition coefficient (Wildman–Crippen LogP) is 1.63. The van der Waals surface area contributed by atoms with Gasteiger partial charge in [-0.3, -0.25) is 4.79 Å². The Hall–Kier alpha value is -1.07. The Morgan fingerprint density at radius 1 is 1.53 bits per heavy atom. The number of hydrogen-bond donors (Lipinski definition) is 2. The van der Waals surface area contributed by atoms with Crippen molar-refractivity contribution in [3.8, 4) is 5.75 Å². The first-order valence-corrected chi connectivity index (χ1v) is 6.81. The fourth-order valence-corrected chi connectivity index (χ4v) is 2.29. The van der Waals surface area contributed by atoms with Crippen LogP contribution >= 0.6 is 11.3 Å². The quantitative estimate of drug-likeness (QED) is 0.727. The van der Waals surface area contributed by atoms with Crippen molar-refractivity contribution < 1.29 is 9.53 Å². The molecule has 0 aliphatic heterocycles. The molecule has 4 nitrogen and oxygen atoms in total. The van der Waals surface area contributed by atoms with Gasteiger partial charge >= 0.3 is 0 Å². The van der Waals surface area contributed by atoms with Crippen molar-refractivity contribution >= 4 is 17.2 Å². The highest BCUT2D eigenvalue weighted by molar-refractivity contribution is 7.12. The van der Waals surface area contributed by atoms with Crippen LogP contribution in [0.3, 0.4) is 0 Å². The lowest BCUT2D eigenvalue weighted by Gasteiger charge is -2.04. The molecule has 0 atom stereocenters. The van der Waals surface area contributed by atoms with E-state index in [1.54, 1.807) is 13.2 Å². The lowest BCUT2D eigenvalue weighted by Crippen LogP contribution is -2.27. The third kappa shape index (κ3) is 4.02. The smallest absolute Gasteiger partial charge is 0.261 e. The highest BCUT2D eigenvalue weighted by atomic mass is 32.1. The van der Waals surface area contributed by atoms with Crippen molar-refractivity contribution in [3.05, 3.63) is 16.3 Å². The molecule has 1 aromatic rings. The van der Waals surface area contributed by atoms with Crippen LogP contribution in [0.4, 0.5) is 0 Å². The Morgan fingerprint density at radius 3 is 3.00 bits per heavy atom. The van der Waals surface area contributed by atoms with Crippen molar-refractivity contribution in [2.45, 2.75) is 25.3 Å². The summed E-state index contributed by atoms with van der Waals surface area (Å²) in [5.41, 5.74) is 0. The van der Waals surface area contributed by atoms with E-state index >= 15 is 0 Å². The first kappa shape index (κ1) is 12.4. The van der Waals surface area contributed by atoms with Crippen LogP contribution in [0.25, 0.3) is 0 Å². The van der Waals surface area contributed by atoms with Crippen LogP contribution in [0.5, 0.6) is 5.75 Å². The van der Waals surface area contributed by atoms with Crippen LogP contribution in [0.15, 0.2) is 11.4 Å². The number of nitrogens with one attached hydrogen (secondary N) is 2. The summed E-state index contributed by atoms with van der Waals surface area (Å²) in [5.74, 6) is 0.736. The zero-order chi connectivity index (χ0) is 12.1. The number of carbonyl (C=O) groups is 1. The molecule has 0 unspecified atom stereocenters. The Bertz CT molecular complexity index is 374. The van der Waals surface area contributed by atoms with E-state index in [4.69, 9.17) is 4.74 Å². The van der Waals surface area contributed by atoms with Gasteiger partial charge in [0, 0.05) is 24.0 Å². The molecule has 1 amide bonds. The maximum Gasteiger partial charge on any atom is 0.261 e. The van der Waals surface area contributed by atoms with Gasteiger partial charge < -0.3 is 15.4 Å². The lowest BCUT2D eigenvalue weighted by molar-refractivity contribution is 0.0957. The van der Waals surface area contributed by atoms with Crippen LogP contribution in [0.2, 0.25) is 0 Å². The van der Waals surface area contributed by atoms with Gasteiger partial charge in [0.05, 0.1) is 12.0 Å². The summed E-state index contributed by atoms with van der Waals surface area (Å²) in [4.78, 5) is 12.4. The van der Waals surface area contributed by atoms with Crippen LogP contribution in [0.1, 0.15) is 28.9 Å². The summed E-state index contributed by atoms with van der Waals surface area (Å²) in [6.45, 7) is 1.71. The van der Waals surface area contributed by atoms with E-state index in [0.717, 1.165) is 31.3 Å². The molecule has 0 saturated heterocycles. The van der Waals surface area contributed by atoms with Crippen LogP contribution in [-0.2, 0) is 0 Å². The highest BCUT2D eigenvalue weighted by Crippen LogP contribution is 2.20. The minimum Gasteiger partial charge on any atom is -0.496 e. The zero-order valence-corrected chi connectivity index (χ0v) is 10.8. The fourth-order valence-electron chi connectivity index (χ4n) is 1.52. The first-order chi connectivity index (χ1) is 8.29. The van der Waals surface area contributed by atoms with E-state index in [0.29, 0.717) is 4.88 Å². The molecule has 1 heterocycles. The molecular weight excluding hydrogens is 236 g/mol. The van der Waals surface area contributed by atoms with E-state index in [1.165, 1.54) is 24.2 Å². The van der Waals surface area contributed by atoms with Gasteiger partial charge in [0.2, 0.25) is 0 Å². The molecule has 1 aliphatic rings. The standard InChI is InChI=1S/C12H18N2O2S/c1-16-10-7-11(17-8-10)12(15)14-6-2-5-13-9-3-4-9/h7-9,13H,2-6H2,1H3,(H,14,15). The van der Waals surface area contributed by atoms with E-state index in [1.807, 2.05) is 5.38 Å². The first-order valence-electron chi connectivity index (χ1n) is 5.93. The van der Waals surface area contributed by atoms with Gasteiger partial charge in [-0.05, 0) is 25.8 Å². The maximum absolute atomic E-state index is 11.7. The predicted molar refractivity (Wildman–Crippen MR) is 68.8 cm³/mol. The number of rotatable bonds is 7. The minimum atomic E-state index is -0.00952. The maximum atomic E-state index is 11.7. The lowest BCUT2D eigenvalue weighted by atomic mass is 10.3. The summed E-state index contributed by atoms with van der Waals surface area (Å²) in [7, 11) is 1.60. The topological polar surface area (TPSA) is 50.4 Å². The average Bonchev–Trinajstić information content (AvgIpc) is 3.03. The van der Waals surface area contributed by atoms with Gasteiger partial charge in [0.25, 0.3) is 5.91 Å². The summed E-state index contributed by atoms with van der Waals surface area (Å²) < 4.78 is 5.04.